The van der Waals surface area contributed by atoms with Gasteiger partial charge in [-0.1, -0.05) is 17.4 Å². The summed E-state index contributed by atoms with van der Waals surface area (Å²) in [5.74, 6) is -0.424. The number of nitro benzene ring substituents is 1. The molecule has 1 aliphatic rings. The molecule has 0 aliphatic carbocycles. The smallest absolute Gasteiger partial charge is 0.273 e. The van der Waals surface area contributed by atoms with Crippen LogP contribution in [0.2, 0.25) is 0 Å². The number of nitrogens with zero attached hydrogens (tertiary/aromatic N) is 3. The van der Waals surface area contributed by atoms with Gasteiger partial charge in [-0.15, -0.1) is 0 Å². The molecule has 0 radical (unpaired) electrons. The molecular weight excluding hydrogens is 344 g/mol. The summed E-state index contributed by atoms with van der Waals surface area (Å²) in [5.41, 5.74) is 1.53. The molecule has 1 aromatic heterocycles. The normalized spacial score (nSPS) is 13.3. The van der Waals surface area contributed by atoms with Gasteiger partial charge in [0.25, 0.3) is 11.6 Å². The topological polar surface area (TPSA) is 105 Å². The lowest BCUT2D eigenvalue weighted by Gasteiger charge is -2.26. The Bertz CT molecular complexity index is 877. The third-order valence-electron chi connectivity index (χ3n) is 4.03. The lowest BCUT2D eigenvalue weighted by Crippen LogP contribution is -2.35. The second kappa shape index (κ2) is 6.60. The average Bonchev–Trinajstić information content (AvgIpc) is 2.94. The number of aromatic nitrogens is 1. The van der Waals surface area contributed by atoms with Crippen molar-refractivity contribution in [1.29, 1.82) is 0 Å². The number of amides is 2. The number of hydrogen-bond acceptors (Lipinski definition) is 6. The fraction of sp³-hybridized carbons (Fsp3) is 0.312. The SMILES string of the molecule is CC(=O)Nc1nc2c(s1)CN(C(=O)c1cccc([N+](=O)[O-])c1C)CC2. The number of nitrogens with one attached hydrogen (secondary N) is 1. The van der Waals surface area contributed by atoms with E-state index in [1.165, 1.54) is 30.4 Å². The van der Waals surface area contributed by atoms with Crippen LogP contribution in [-0.4, -0.2) is 33.2 Å². The van der Waals surface area contributed by atoms with Crippen LogP contribution < -0.4 is 5.32 Å². The Hall–Kier alpha value is -2.81. The first-order chi connectivity index (χ1) is 11.9. The van der Waals surface area contributed by atoms with E-state index in [-0.39, 0.29) is 17.5 Å². The van der Waals surface area contributed by atoms with E-state index in [9.17, 15) is 19.7 Å². The Morgan fingerprint density at radius 2 is 2.16 bits per heavy atom. The minimum absolute atomic E-state index is 0.0608. The van der Waals surface area contributed by atoms with Crippen LogP contribution in [0.1, 0.15) is 33.4 Å². The van der Waals surface area contributed by atoms with Crippen LogP contribution in [-0.2, 0) is 17.8 Å². The molecular formula is C16H16N4O4S. The molecule has 3 rings (SSSR count). The van der Waals surface area contributed by atoms with Crippen molar-refractivity contribution in [3.63, 3.8) is 0 Å². The minimum Gasteiger partial charge on any atom is -0.333 e. The predicted molar refractivity (Wildman–Crippen MR) is 92.7 cm³/mol. The van der Waals surface area contributed by atoms with Gasteiger partial charge in [-0.2, -0.15) is 0 Å². The summed E-state index contributed by atoms with van der Waals surface area (Å²) in [6.45, 7) is 3.87. The fourth-order valence-corrected chi connectivity index (χ4v) is 3.87. The molecule has 0 bridgehead atoms. The zero-order valence-corrected chi connectivity index (χ0v) is 14.6. The lowest BCUT2D eigenvalue weighted by molar-refractivity contribution is -0.385. The second-order valence-electron chi connectivity index (χ2n) is 5.75. The summed E-state index contributed by atoms with van der Waals surface area (Å²) in [5, 5.41) is 14.2. The number of rotatable bonds is 3. The molecule has 0 fully saturated rings. The molecule has 1 aromatic carbocycles. The summed E-state index contributed by atoms with van der Waals surface area (Å²) in [4.78, 5) is 41.5. The van der Waals surface area contributed by atoms with Crippen molar-refractivity contribution in [1.82, 2.24) is 9.88 Å². The van der Waals surface area contributed by atoms with Crippen LogP contribution in [0.15, 0.2) is 18.2 Å². The molecule has 0 unspecified atom stereocenters. The summed E-state index contributed by atoms with van der Waals surface area (Å²) >= 11 is 1.35. The number of benzene rings is 1. The monoisotopic (exact) mass is 360 g/mol. The molecule has 1 N–H and O–H groups in total. The fourth-order valence-electron chi connectivity index (χ4n) is 2.80. The predicted octanol–water partition coefficient (Wildman–Crippen LogP) is 2.52. The van der Waals surface area contributed by atoms with E-state index in [1.54, 1.807) is 17.9 Å². The van der Waals surface area contributed by atoms with Gasteiger partial charge in [0.05, 0.1) is 17.2 Å². The standard InChI is InChI=1S/C16H16N4O4S/c1-9-11(4-3-5-13(9)20(23)24)15(22)19-7-6-12-14(8-19)25-16(18-12)17-10(2)21/h3-5H,6-8H2,1-2H3,(H,17,18,21). The maximum absolute atomic E-state index is 12.8. The lowest BCUT2D eigenvalue weighted by atomic mass is 10.0. The molecule has 0 saturated carbocycles. The second-order valence-corrected chi connectivity index (χ2v) is 6.84. The van der Waals surface area contributed by atoms with Crippen LogP contribution in [0.4, 0.5) is 10.8 Å². The van der Waals surface area contributed by atoms with E-state index in [2.05, 4.69) is 10.3 Å². The van der Waals surface area contributed by atoms with Crippen molar-refractivity contribution < 1.29 is 14.5 Å². The van der Waals surface area contributed by atoms with Crippen molar-refractivity contribution >= 4 is 34.0 Å². The Morgan fingerprint density at radius 3 is 2.84 bits per heavy atom. The summed E-state index contributed by atoms with van der Waals surface area (Å²) in [6, 6.07) is 4.52. The Labute approximate surface area is 147 Å². The Morgan fingerprint density at radius 1 is 1.40 bits per heavy atom. The first-order valence-corrected chi connectivity index (χ1v) is 8.48. The van der Waals surface area contributed by atoms with Gasteiger partial charge in [0.1, 0.15) is 0 Å². The Balaban J connectivity index is 1.83. The van der Waals surface area contributed by atoms with E-state index in [1.807, 2.05) is 0 Å². The van der Waals surface area contributed by atoms with E-state index in [0.29, 0.717) is 35.8 Å². The molecule has 9 heteroatoms. The van der Waals surface area contributed by atoms with Crippen LogP contribution >= 0.6 is 11.3 Å². The van der Waals surface area contributed by atoms with Gasteiger partial charge < -0.3 is 10.2 Å². The largest absolute Gasteiger partial charge is 0.333 e. The van der Waals surface area contributed by atoms with E-state index in [0.717, 1.165) is 10.6 Å². The Kier molecular flexibility index (Phi) is 4.49. The van der Waals surface area contributed by atoms with Crippen molar-refractivity contribution in [3.8, 4) is 0 Å². The summed E-state index contributed by atoms with van der Waals surface area (Å²) < 4.78 is 0. The number of nitro groups is 1. The van der Waals surface area contributed by atoms with Gasteiger partial charge in [-0.05, 0) is 13.0 Å². The van der Waals surface area contributed by atoms with Crippen molar-refractivity contribution in [2.24, 2.45) is 0 Å². The first-order valence-electron chi connectivity index (χ1n) is 7.66. The zero-order valence-electron chi connectivity index (χ0n) is 13.7. The van der Waals surface area contributed by atoms with Crippen LogP contribution in [0, 0.1) is 17.0 Å². The number of thiazole rings is 1. The minimum atomic E-state index is -0.483. The van der Waals surface area contributed by atoms with Crippen LogP contribution in [0.3, 0.4) is 0 Å². The van der Waals surface area contributed by atoms with Gasteiger partial charge >= 0.3 is 0 Å². The molecule has 2 aromatic rings. The molecule has 0 spiro atoms. The van der Waals surface area contributed by atoms with Gasteiger partial charge in [0.15, 0.2) is 5.13 Å². The highest BCUT2D eigenvalue weighted by atomic mass is 32.1. The highest BCUT2D eigenvalue weighted by Gasteiger charge is 2.27. The molecule has 2 heterocycles. The van der Waals surface area contributed by atoms with Crippen LogP contribution in [0.5, 0.6) is 0 Å². The van der Waals surface area contributed by atoms with Crippen molar-refractivity contribution in [2.45, 2.75) is 26.8 Å². The highest BCUT2D eigenvalue weighted by Crippen LogP contribution is 2.30. The molecule has 8 nitrogen and oxygen atoms in total. The maximum Gasteiger partial charge on any atom is 0.273 e. The average molecular weight is 360 g/mol. The molecule has 0 atom stereocenters. The van der Waals surface area contributed by atoms with Crippen molar-refractivity contribution in [3.05, 3.63) is 50.0 Å². The number of fused-ring (bicyclic) bond motifs is 1. The number of carbonyl (C=O) groups is 2. The summed E-state index contributed by atoms with van der Waals surface area (Å²) in [6.07, 6.45) is 0.588. The molecule has 130 valence electrons. The molecule has 1 aliphatic heterocycles. The number of anilines is 1. The zero-order chi connectivity index (χ0) is 18.1. The van der Waals surface area contributed by atoms with Gasteiger partial charge in [-0.3, -0.25) is 19.7 Å². The van der Waals surface area contributed by atoms with Gasteiger partial charge in [-0.25, -0.2) is 4.98 Å². The van der Waals surface area contributed by atoms with E-state index >= 15 is 0 Å². The van der Waals surface area contributed by atoms with E-state index < -0.39 is 4.92 Å². The summed E-state index contributed by atoms with van der Waals surface area (Å²) in [7, 11) is 0. The third kappa shape index (κ3) is 3.36. The molecule has 0 saturated heterocycles. The van der Waals surface area contributed by atoms with Crippen molar-refractivity contribution in [2.75, 3.05) is 11.9 Å². The number of carbonyl (C=O) groups excluding carboxylic acids is 2. The van der Waals surface area contributed by atoms with Gasteiger partial charge in [0, 0.05) is 42.0 Å². The van der Waals surface area contributed by atoms with E-state index in [4.69, 9.17) is 0 Å². The van der Waals surface area contributed by atoms with Crippen LogP contribution in [0.25, 0.3) is 0 Å². The highest BCUT2D eigenvalue weighted by molar-refractivity contribution is 7.15. The molecule has 2 amide bonds. The maximum atomic E-state index is 12.8. The molecule has 25 heavy (non-hydrogen) atoms. The van der Waals surface area contributed by atoms with Gasteiger partial charge in [0.2, 0.25) is 5.91 Å². The number of hydrogen-bond donors (Lipinski definition) is 1. The quantitative estimate of drug-likeness (QED) is 0.669. The first kappa shape index (κ1) is 17.0. The third-order valence-corrected chi connectivity index (χ3v) is 5.03.